The van der Waals surface area contributed by atoms with E-state index in [9.17, 15) is 4.79 Å². The maximum Gasteiger partial charge on any atom is 0.217 e. The fraction of sp³-hybridized carbons (Fsp3) is 0.632. The van der Waals surface area contributed by atoms with Crippen LogP contribution in [0.1, 0.15) is 45.6 Å². The van der Waals surface area contributed by atoms with Crippen LogP contribution in [0.4, 0.5) is 0 Å². The number of benzene rings is 1. The first-order valence-electron chi connectivity index (χ1n) is 9.11. The summed E-state index contributed by atoms with van der Waals surface area (Å²) in [5.74, 6) is 1.51. The molecule has 5 nitrogen and oxygen atoms in total. The number of piperidine rings is 1. The van der Waals surface area contributed by atoms with Crippen LogP contribution in [0.2, 0.25) is 5.02 Å². The second-order valence-electron chi connectivity index (χ2n) is 6.42. The highest BCUT2D eigenvalue weighted by atomic mass is 35.5. The Bertz CT molecular complexity index is 572. The summed E-state index contributed by atoms with van der Waals surface area (Å²) in [6, 6.07) is 4.14. The molecule has 1 amide bonds. The number of carbonyl (C=O) groups is 1. The van der Waals surface area contributed by atoms with Gasteiger partial charge in [-0.1, -0.05) is 18.5 Å². The van der Waals surface area contributed by atoms with E-state index < -0.39 is 0 Å². The Morgan fingerprint density at radius 2 is 1.92 bits per heavy atom. The van der Waals surface area contributed by atoms with E-state index in [1.807, 2.05) is 19.1 Å². The van der Waals surface area contributed by atoms with Gasteiger partial charge in [0.2, 0.25) is 5.91 Å². The van der Waals surface area contributed by atoms with Gasteiger partial charge < -0.3 is 14.8 Å². The van der Waals surface area contributed by atoms with Crippen molar-refractivity contribution in [3.63, 3.8) is 0 Å². The molecule has 6 heteroatoms. The lowest BCUT2D eigenvalue weighted by molar-refractivity contribution is -0.119. The van der Waals surface area contributed by atoms with Crippen molar-refractivity contribution in [2.75, 3.05) is 26.3 Å². The normalized spacial score (nSPS) is 15.8. The van der Waals surface area contributed by atoms with Crippen molar-refractivity contribution in [2.24, 2.45) is 0 Å². The quantitative estimate of drug-likeness (QED) is 0.761. The van der Waals surface area contributed by atoms with Gasteiger partial charge in [0.25, 0.3) is 0 Å². The molecule has 1 N–H and O–H groups in total. The van der Waals surface area contributed by atoms with Crippen molar-refractivity contribution in [2.45, 2.75) is 52.6 Å². The topological polar surface area (TPSA) is 50.8 Å². The number of rotatable bonds is 8. The second-order valence-corrected chi connectivity index (χ2v) is 6.83. The third-order valence-electron chi connectivity index (χ3n) is 4.26. The maximum atomic E-state index is 11.2. The molecule has 0 aliphatic carbocycles. The molecule has 1 heterocycles. The van der Waals surface area contributed by atoms with Crippen LogP contribution in [0, 0.1) is 0 Å². The number of hydrogen-bond acceptors (Lipinski definition) is 4. The minimum Gasteiger partial charge on any atom is -0.490 e. The molecule has 1 aromatic carbocycles. The maximum absolute atomic E-state index is 11.2. The van der Waals surface area contributed by atoms with Gasteiger partial charge in [0.1, 0.15) is 0 Å². The van der Waals surface area contributed by atoms with Crippen LogP contribution < -0.4 is 14.8 Å². The van der Waals surface area contributed by atoms with Gasteiger partial charge in [0, 0.05) is 43.7 Å². The van der Waals surface area contributed by atoms with Crippen LogP contribution in [0.3, 0.4) is 0 Å². The van der Waals surface area contributed by atoms with E-state index in [2.05, 4.69) is 17.1 Å². The first-order valence-corrected chi connectivity index (χ1v) is 9.48. The molecule has 0 radical (unpaired) electrons. The van der Waals surface area contributed by atoms with E-state index in [0.717, 1.165) is 50.2 Å². The summed E-state index contributed by atoms with van der Waals surface area (Å²) in [7, 11) is 0. The van der Waals surface area contributed by atoms with Gasteiger partial charge in [-0.15, -0.1) is 0 Å². The third-order valence-corrected chi connectivity index (χ3v) is 4.62. The molecular weight excluding hydrogens is 340 g/mol. The highest BCUT2D eigenvalue weighted by Gasteiger charge is 2.21. The van der Waals surface area contributed by atoms with Crippen molar-refractivity contribution in [3.8, 4) is 11.5 Å². The molecule has 0 aromatic heterocycles. The van der Waals surface area contributed by atoms with E-state index in [1.165, 1.54) is 0 Å². The molecule has 1 fully saturated rings. The van der Waals surface area contributed by atoms with Gasteiger partial charge >= 0.3 is 0 Å². The van der Waals surface area contributed by atoms with E-state index in [0.29, 0.717) is 24.0 Å². The predicted molar refractivity (Wildman–Crippen MR) is 101 cm³/mol. The lowest BCUT2D eigenvalue weighted by atomic mass is 10.0. The van der Waals surface area contributed by atoms with Crippen LogP contribution in [0.15, 0.2) is 12.1 Å². The Morgan fingerprint density at radius 3 is 2.52 bits per heavy atom. The summed E-state index contributed by atoms with van der Waals surface area (Å²) in [6.07, 6.45) is 2.87. The number of nitrogens with zero attached hydrogens (tertiary/aromatic N) is 1. The van der Waals surface area contributed by atoms with Crippen LogP contribution >= 0.6 is 11.6 Å². The number of amides is 1. The van der Waals surface area contributed by atoms with Gasteiger partial charge in [-0.2, -0.15) is 0 Å². The Labute approximate surface area is 155 Å². The van der Waals surface area contributed by atoms with Gasteiger partial charge in [0.05, 0.1) is 13.2 Å². The minimum absolute atomic E-state index is 0.0468. The average molecular weight is 369 g/mol. The second kappa shape index (κ2) is 9.88. The van der Waals surface area contributed by atoms with Crippen molar-refractivity contribution in [1.82, 2.24) is 10.2 Å². The lowest BCUT2D eigenvalue weighted by Gasteiger charge is -2.32. The van der Waals surface area contributed by atoms with Crippen LogP contribution in [-0.2, 0) is 11.3 Å². The van der Waals surface area contributed by atoms with Gasteiger partial charge in [-0.05, 0) is 37.8 Å². The Kier molecular flexibility index (Phi) is 7.85. The molecule has 1 aliphatic heterocycles. The SMILES string of the molecule is CCCOc1cc(Cl)c(CN2CCC(NC(C)=O)CC2)cc1OCC. The molecule has 25 heavy (non-hydrogen) atoms. The molecule has 0 bridgehead atoms. The fourth-order valence-corrected chi connectivity index (χ4v) is 3.27. The van der Waals surface area contributed by atoms with Gasteiger partial charge in [-0.3, -0.25) is 9.69 Å². The molecule has 0 spiro atoms. The van der Waals surface area contributed by atoms with E-state index in [4.69, 9.17) is 21.1 Å². The highest BCUT2D eigenvalue weighted by molar-refractivity contribution is 6.31. The smallest absolute Gasteiger partial charge is 0.217 e. The third kappa shape index (κ3) is 6.08. The van der Waals surface area contributed by atoms with Crippen molar-refractivity contribution >= 4 is 17.5 Å². The molecule has 0 saturated carbocycles. The predicted octanol–water partition coefficient (Wildman–Crippen LogP) is 3.63. The molecule has 140 valence electrons. The summed E-state index contributed by atoms with van der Waals surface area (Å²) in [5, 5.41) is 3.71. The minimum atomic E-state index is 0.0468. The largest absolute Gasteiger partial charge is 0.490 e. The summed E-state index contributed by atoms with van der Waals surface area (Å²) in [6.45, 7) is 9.51. The van der Waals surface area contributed by atoms with Crippen LogP contribution in [0.5, 0.6) is 11.5 Å². The molecule has 0 atom stereocenters. The molecule has 2 rings (SSSR count). The fourth-order valence-electron chi connectivity index (χ4n) is 3.06. The Morgan fingerprint density at radius 1 is 1.24 bits per heavy atom. The zero-order valence-corrected chi connectivity index (χ0v) is 16.2. The molecule has 1 saturated heterocycles. The summed E-state index contributed by atoms with van der Waals surface area (Å²) in [4.78, 5) is 13.5. The summed E-state index contributed by atoms with van der Waals surface area (Å²) >= 11 is 6.48. The highest BCUT2D eigenvalue weighted by Crippen LogP contribution is 2.34. The lowest BCUT2D eigenvalue weighted by Crippen LogP contribution is -2.43. The Hall–Kier alpha value is -1.46. The van der Waals surface area contributed by atoms with Crippen molar-refractivity contribution in [3.05, 3.63) is 22.7 Å². The van der Waals surface area contributed by atoms with E-state index in [-0.39, 0.29) is 11.9 Å². The number of ether oxygens (including phenoxy) is 2. The molecular formula is C19H29ClN2O3. The first-order chi connectivity index (χ1) is 12.0. The van der Waals surface area contributed by atoms with E-state index in [1.54, 1.807) is 6.92 Å². The van der Waals surface area contributed by atoms with Crippen molar-refractivity contribution in [1.29, 1.82) is 0 Å². The number of halogens is 1. The number of hydrogen-bond donors (Lipinski definition) is 1. The monoisotopic (exact) mass is 368 g/mol. The first kappa shape index (κ1) is 19.9. The number of likely N-dealkylation sites (tertiary alicyclic amines) is 1. The van der Waals surface area contributed by atoms with Gasteiger partial charge in [-0.25, -0.2) is 0 Å². The summed E-state index contributed by atoms with van der Waals surface area (Å²) < 4.78 is 11.5. The summed E-state index contributed by atoms with van der Waals surface area (Å²) in [5.41, 5.74) is 1.05. The Balaban J connectivity index is 2.01. The zero-order valence-electron chi connectivity index (χ0n) is 15.4. The number of nitrogens with one attached hydrogen (secondary N) is 1. The van der Waals surface area contributed by atoms with Gasteiger partial charge in [0.15, 0.2) is 11.5 Å². The van der Waals surface area contributed by atoms with Crippen molar-refractivity contribution < 1.29 is 14.3 Å². The molecule has 1 aliphatic rings. The number of carbonyl (C=O) groups excluding carboxylic acids is 1. The zero-order chi connectivity index (χ0) is 18.2. The van der Waals surface area contributed by atoms with Crippen LogP contribution in [0.25, 0.3) is 0 Å². The van der Waals surface area contributed by atoms with Crippen LogP contribution in [-0.4, -0.2) is 43.2 Å². The average Bonchev–Trinajstić information content (AvgIpc) is 2.57. The standard InChI is InChI=1S/C19H29ClN2O3/c1-4-10-25-19-12-17(20)15(11-18(19)24-5-2)13-22-8-6-16(7-9-22)21-14(3)23/h11-12,16H,4-10,13H2,1-3H3,(H,21,23). The molecule has 1 aromatic rings. The van der Waals surface area contributed by atoms with E-state index >= 15 is 0 Å². The molecule has 0 unspecified atom stereocenters.